The Balaban J connectivity index is 2.71. The van der Waals surface area contributed by atoms with Gasteiger partial charge >= 0.3 is 0 Å². The van der Waals surface area contributed by atoms with Gasteiger partial charge in [0.05, 0.1) is 5.71 Å². The summed E-state index contributed by atoms with van der Waals surface area (Å²) in [6.45, 7) is 8.24. The first-order valence-electron chi connectivity index (χ1n) is 6.23. The zero-order valence-corrected chi connectivity index (χ0v) is 12.3. The lowest BCUT2D eigenvalue weighted by atomic mass is 10.1. The largest absolute Gasteiger partial charge is 0.359 e. The summed E-state index contributed by atoms with van der Waals surface area (Å²) in [5.74, 6) is 0. The van der Waals surface area contributed by atoms with Gasteiger partial charge in [-0.1, -0.05) is 36.8 Å². The maximum absolute atomic E-state index is 5.14. The fourth-order valence-electron chi connectivity index (χ4n) is 1.51. The Morgan fingerprint density at radius 2 is 1.89 bits per heavy atom. The third-order valence-electron chi connectivity index (χ3n) is 2.43. The van der Waals surface area contributed by atoms with Crippen LogP contribution in [0.3, 0.4) is 0 Å². The number of thiocarbonyl (C=S) groups is 1. The van der Waals surface area contributed by atoms with Crippen LogP contribution >= 0.6 is 12.2 Å². The Hall–Kier alpha value is -1.42. The monoisotopic (exact) mass is 263 g/mol. The topological polar surface area (TPSA) is 36.4 Å². The van der Waals surface area contributed by atoms with Gasteiger partial charge in [-0.15, -0.1) is 0 Å². The molecule has 0 saturated carbocycles. The van der Waals surface area contributed by atoms with E-state index in [1.54, 1.807) is 0 Å². The van der Waals surface area contributed by atoms with Crippen LogP contribution in [0.5, 0.6) is 0 Å². The van der Waals surface area contributed by atoms with E-state index in [0.29, 0.717) is 11.2 Å². The molecular formula is C14H21N3S. The highest BCUT2D eigenvalue weighted by atomic mass is 32.1. The van der Waals surface area contributed by atoms with Crippen molar-refractivity contribution in [1.82, 2.24) is 10.7 Å². The third kappa shape index (κ3) is 4.84. The minimum absolute atomic E-state index is 0.310. The van der Waals surface area contributed by atoms with Gasteiger partial charge in [0.15, 0.2) is 5.11 Å². The van der Waals surface area contributed by atoms with Crippen molar-refractivity contribution in [3.63, 3.8) is 0 Å². The fourth-order valence-corrected chi connectivity index (χ4v) is 1.79. The number of hydrogen-bond acceptors (Lipinski definition) is 2. The lowest BCUT2D eigenvalue weighted by Crippen LogP contribution is -2.37. The van der Waals surface area contributed by atoms with Crippen molar-refractivity contribution in [1.29, 1.82) is 0 Å². The molecule has 0 fully saturated rings. The van der Waals surface area contributed by atoms with Crippen LogP contribution in [0, 0.1) is 6.92 Å². The standard InChI is InChI=1S/C14H21N3S/c1-5-13(12-8-6-11(4)7-9-12)16-17-14(18)15-10(2)3/h6-10H,5H2,1-4H3,(H2,15,17,18)/b16-13-. The van der Waals surface area contributed by atoms with Gasteiger partial charge in [0.1, 0.15) is 0 Å². The van der Waals surface area contributed by atoms with Crippen molar-refractivity contribution in [2.75, 3.05) is 0 Å². The van der Waals surface area contributed by atoms with Crippen molar-refractivity contribution in [3.8, 4) is 0 Å². The average Bonchev–Trinajstić information content (AvgIpc) is 2.31. The molecule has 98 valence electrons. The van der Waals surface area contributed by atoms with Gasteiger partial charge in [-0.3, -0.25) is 5.43 Å². The van der Waals surface area contributed by atoms with E-state index in [-0.39, 0.29) is 0 Å². The summed E-state index contributed by atoms with van der Waals surface area (Å²) < 4.78 is 0. The van der Waals surface area contributed by atoms with E-state index in [1.807, 2.05) is 13.8 Å². The van der Waals surface area contributed by atoms with Gasteiger partial charge < -0.3 is 5.32 Å². The second-order valence-electron chi connectivity index (χ2n) is 4.52. The zero-order chi connectivity index (χ0) is 13.5. The number of benzene rings is 1. The van der Waals surface area contributed by atoms with E-state index >= 15 is 0 Å². The highest BCUT2D eigenvalue weighted by Crippen LogP contribution is 2.06. The van der Waals surface area contributed by atoms with Crippen molar-refractivity contribution in [2.24, 2.45) is 5.10 Å². The molecule has 3 nitrogen and oxygen atoms in total. The molecular weight excluding hydrogens is 242 g/mol. The Morgan fingerprint density at radius 1 is 1.28 bits per heavy atom. The van der Waals surface area contributed by atoms with Crippen LogP contribution in [0.2, 0.25) is 0 Å². The number of aryl methyl sites for hydroxylation is 1. The molecule has 0 heterocycles. The van der Waals surface area contributed by atoms with Crippen LogP contribution in [0.1, 0.15) is 38.3 Å². The molecule has 1 rings (SSSR count). The number of nitrogens with zero attached hydrogens (tertiary/aromatic N) is 1. The predicted molar refractivity (Wildman–Crippen MR) is 82.0 cm³/mol. The first kappa shape index (κ1) is 14.6. The Labute approximate surface area is 115 Å². The second-order valence-corrected chi connectivity index (χ2v) is 4.93. The lowest BCUT2D eigenvalue weighted by Gasteiger charge is -2.11. The van der Waals surface area contributed by atoms with Crippen molar-refractivity contribution < 1.29 is 0 Å². The van der Waals surface area contributed by atoms with Gasteiger partial charge in [0.25, 0.3) is 0 Å². The third-order valence-corrected chi connectivity index (χ3v) is 2.64. The molecule has 0 spiro atoms. The van der Waals surface area contributed by atoms with E-state index in [2.05, 4.69) is 54.0 Å². The molecule has 1 aromatic rings. The van der Waals surface area contributed by atoms with Crippen molar-refractivity contribution in [2.45, 2.75) is 40.2 Å². The Kier molecular flexibility index (Phi) is 5.78. The quantitative estimate of drug-likeness (QED) is 0.498. The predicted octanol–water partition coefficient (Wildman–Crippen LogP) is 2.98. The number of hydrogen-bond donors (Lipinski definition) is 2. The van der Waals surface area contributed by atoms with Gasteiger partial charge in [-0.05, 0) is 45.0 Å². The summed E-state index contributed by atoms with van der Waals surface area (Å²) in [7, 11) is 0. The number of rotatable bonds is 4. The molecule has 2 N–H and O–H groups in total. The van der Waals surface area contributed by atoms with E-state index in [0.717, 1.165) is 17.7 Å². The molecule has 0 aliphatic rings. The summed E-state index contributed by atoms with van der Waals surface area (Å²) in [6.07, 6.45) is 0.861. The lowest BCUT2D eigenvalue weighted by molar-refractivity contribution is 0.719. The summed E-state index contributed by atoms with van der Waals surface area (Å²) >= 11 is 5.14. The van der Waals surface area contributed by atoms with E-state index < -0.39 is 0 Å². The maximum atomic E-state index is 5.14. The Morgan fingerprint density at radius 3 is 2.39 bits per heavy atom. The summed E-state index contributed by atoms with van der Waals surface area (Å²) in [4.78, 5) is 0. The molecule has 0 aliphatic heterocycles. The molecule has 0 amide bonds. The van der Waals surface area contributed by atoms with Crippen LogP contribution in [0.15, 0.2) is 29.4 Å². The van der Waals surface area contributed by atoms with Crippen LogP contribution in [0.25, 0.3) is 0 Å². The highest BCUT2D eigenvalue weighted by Gasteiger charge is 2.02. The van der Waals surface area contributed by atoms with Gasteiger partial charge in [0.2, 0.25) is 0 Å². The number of hydrazone groups is 1. The zero-order valence-electron chi connectivity index (χ0n) is 11.4. The molecule has 0 aromatic heterocycles. The van der Waals surface area contributed by atoms with E-state index in [9.17, 15) is 0 Å². The first-order valence-corrected chi connectivity index (χ1v) is 6.63. The van der Waals surface area contributed by atoms with Crippen LogP contribution in [-0.4, -0.2) is 16.9 Å². The van der Waals surface area contributed by atoms with Gasteiger partial charge in [-0.25, -0.2) is 0 Å². The van der Waals surface area contributed by atoms with Crippen LogP contribution in [0.4, 0.5) is 0 Å². The maximum Gasteiger partial charge on any atom is 0.187 e. The fraction of sp³-hybridized carbons (Fsp3) is 0.429. The SMILES string of the molecule is CC/C(=N/NC(=S)NC(C)C)c1ccc(C)cc1. The van der Waals surface area contributed by atoms with Crippen LogP contribution < -0.4 is 10.7 Å². The summed E-state index contributed by atoms with van der Waals surface area (Å²) in [5.41, 5.74) is 6.27. The highest BCUT2D eigenvalue weighted by molar-refractivity contribution is 7.80. The van der Waals surface area contributed by atoms with Crippen molar-refractivity contribution >= 4 is 23.0 Å². The van der Waals surface area contributed by atoms with E-state index in [4.69, 9.17) is 12.2 Å². The average molecular weight is 263 g/mol. The molecule has 0 unspecified atom stereocenters. The molecule has 0 radical (unpaired) electrons. The molecule has 18 heavy (non-hydrogen) atoms. The molecule has 0 atom stereocenters. The van der Waals surface area contributed by atoms with Gasteiger partial charge in [0, 0.05) is 6.04 Å². The normalized spacial score (nSPS) is 11.5. The minimum atomic E-state index is 0.310. The number of nitrogens with one attached hydrogen (secondary N) is 2. The van der Waals surface area contributed by atoms with Gasteiger partial charge in [-0.2, -0.15) is 5.10 Å². The second kappa shape index (κ2) is 7.11. The van der Waals surface area contributed by atoms with E-state index in [1.165, 1.54) is 5.56 Å². The smallest absolute Gasteiger partial charge is 0.187 e. The molecule has 0 aliphatic carbocycles. The molecule has 4 heteroatoms. The Bertz CT molecular complexity index is 421. The molecule has 1 aromatic carbocycles. The summed E-state index contributed by atoms with van der Waals surface area (Å²) in [5, 5.41) is 8.01. The first-order chi connectivity index (χ1) is 8.52. The summed E-state index contributed by atoms with van der Waals surface area (Å²) in [6, 6.07) is 8.65. The van der Waals surface area contributed by atoms with Crippen molar-refractivity contribution in [3.05, 3.63) is 35.4 Å². The molecule has 0 saturated heterocycles. The minimum Gasteiger partial charge on any atom is -0.359 e. The molecule has 0 bridgehead atoms. The van der Waals surface area contributed by atoms with Crippen LogP contribution in [-0.2, 0) is 0 Å².